The van der Waals surface area contributed by atoms with Gasteiger partial charge >= 0.3 is 0 Å². The zero-order valence-corrected chi connectivity index (χ0v) is 17.1. The van der Waals surface area contributed by atoms with Crippen molar-refractivity contribution in [2.24, 2.45) is 0 Å². The van der Waals surface area contributed by atoms with Gasteiger partial charge in [-0.3, -0.25) is 14.0 Å². The molecule has 4 rings (SSSR count). The summed E-state index contributed by atoms with van der Waals surface area (Å²) in [6, 6.07) is 5.86. The third-order valence-electron chi connectivity index (χ3n) is 4.56. The second-order valence-corrected chi connectivity index (χ2v) is 9.24. The van der Waals surface area contributed by atoms with Crippen LogP contribution in [0.1, 0.15) is 16.2 Å². The van der Waals surface area contributed by atoms with Crippen LogP contribution in [0.3, 0.4) is 0 Å². The summed E-state index contributed by atoms with van der Waals surface area (Å²) in [4.78, 5) is 30.1. The Balaban J connectivity index is 1.56. The second kappa shape index (κ2) is 7.67. The molecule has 1 amide bonds. The monoisotopic (exact) mass is 434 g/mol. The molecule has 0 aliphatic carbocycles. The number of rotatable bonds is 5. The molecule has 29 heavy (non-hydrogen) atoms. The molecule has 3 aromatic rings. The van der Waals surface area contributed by atoms with Crippen LogP contribution in [0.5, 0.6) is 0 Å². The van der Waals surface area contributed by atoms with E-state index in [4.69, 9.17) is 4.74 Å². The molecule has 2 aromatic heterocycles. The molecule has 3 heterocycles. The number of sulfonamides is 1. The van der Waals surface area contributed by atoms with E-state index in [1.54, 1.807) is 22.9 Å². The van der Waals surface area contributed by atoms with E-state index >= 15 is 0 Å². The van der Waals surface area contributed by atoms with Crippen LogP contribution >= 0.6 is 11.3 Å². The minimum absolute atomic E-state index is 0.0467. The number of aryl methyl sites for hydroxylation is 1. The third kappa shape index (κ3) is 3.69. The predicted octanol–water partition coefficient (Wildman–Crippen LogP) is 1.55. The molecule has 0 radical (unpaired) electrons. The van der Waals surface area contributed by atoms with Crippen molar-refractivity contribution in [3.8, 4) is 0 Å². The number of morpholine rings is 1. The van der Waals surface area contributed by atoms with E-state index in [0.29, 0.717) is 23.9 Å². The topological polar surface area (TPSA) is 110 Å². The van der Waals surface area contributed by atoms with Crippen molar-refractivity contribution in [1.82, 2.24) is 13.7 Å². The quantitative estimate of drug-likeness (QED) is 0.482. The minimum Gasteiger partial charge on any atom is -0.379 e. The van der Waals surface area contributed by atoms with Gasteiger partial charge in [-0.25, -0.2) is 13.4 Å². The third-order valence-corrected chi connectivity index (χ3v) is 7.21. The van der Waals surface area contributed by atoms with Crippen molar-refractivity contribution in [3.63, 3.8) is 0 Å². The van der Waals surface area contributed by atoms with Crippen molar-refractivity contribution in [1.29, 1.82) is 0 Å². The van der Waals surface area contributed by atoms with Crippen LogP contribution in [0.25, 0.3) is 4.96 Å². The Morgan fingerprint density at radius 3 is 2.76 bits per heavy atom. The largest absolute Gasteiger partial charge is 0.379 e. The van der Waals surface area contributed by atoms with Gasteiger partial charge in [0.15, 0.2) is 4.96 Å². The number of nitrogens with zero attached hydrogens (tertiary/aromatic N) is 3. The Bertz CT molecular complexity index is 1190. The van der Waals surface area contributed by atoms with E-state index in [0.717, 1.165) is 0 Å². The molecule has 1 fully saturated rings. The molecule has 152 valence electrons. The molecule has 1 aromatic carbocycles. The average Bonchev–Trinajstić information content (AvgIpc) is 3.28. The zero-order chi connectivity index (χ0) is 20.6. The number of ether oxygens (including phenoxy) is 1. The van der Waals surface area contributed by atoms with Gasteiger partial charge in [-0.05, 0) is 25.1 Å². The number of fused-ring (bicyclic) bond motifs is 1. The second-order valence-electron chi connectivity index (χ2n) is 6.43. The lowest BCUT2D eigenvalue weighted by molar-refractivity contribution is -0.112. The van der Waals surface area contributed by atoms with Crippen LogP contribution in [0.2, 0.25) is 0 Å². The summed E-state index contributed by atoms with van der Waals surface area (Å²) >= 11 is 1.36. The highest BCUT2D eigenvalue weighted by Crippen LogP contribution is 2.22. The highest BCUT2D eigenvalue weighted by Gasteiger charge is 2.27. The smallest absolute Gasteiger partial charge is 0.298 e. The number of ketones is 1. The van der Waals surface area contributed by atoms with E-state index < -0.39 is 21.7 Å². The van der Waals surface area contributed by atoms with Crippen molar-refractivity contribution >= 4 is 43.7 Å². The maximum absolute atomic E-state index is 12.8. The van der Waals surface area contributed by atoms with Crippen LogP contribution in [-0.2, 0) is 19.6 Å². The summed E-state index contributed by atoms with van der Waals surface area (Å²) in [5, 5.41) is 4.27. The summed E-state index contributed by atoms with van der Waals surface area (Å²) in [7, 11) is -3.71. The number of Topliss-reactive ketones (excluding diaryl/α,β-unsaturated/α-hetero) is 1. The molecule has 1 N–H and O–H groups in total. The van der Waals surface area contributed by atoms with E-state index in [-0.39, 0.29) is 29.4 Å². The highest BCUT2D eigenvalue weighted by molar-refractivity contribution is 7.89. The Hall–Kier alpha value is -2.60. The van der Waals surface area contributed by atoms with Gasteiger partial charge in [0, 0.05) is 30.4 Å². The van der Waals surface area contributed by atoms with Crippen LogP contribution in [0.4, 0.5) is 5.69 Å². The Morgan fingerprint density at radius 2 is 2.00 bits per heavy atom. The van der Waals surface area contributed by atoms with Gasteiger partial charge in [-0.15, -0.1) is 11.3 Å². The van der Waals surface area contributed by atoms with Crippen LogP contribution in [0.15, 0.2) is 40.7 Å². The summed E-state index contributed by atoms with van der Waals surface area (Å²) < 4.78 is 33.7. The first-order valence-electron chi connectivity index (χ1n) is 8.84. The molecule has 11 heteroatoms. The Morgan fingerprint density at radius 1 is 1.24 bits per heavy atom. The van der Waals surface area contributed by atoms with Gasteiger partial charge < -0.3 is 10.1 Å². The van der Waals surface area contributed by atoms with Crippen molar-refractivity contribution in [2.75, 3.05) is 31.6 Å². The summed E-state index contributed by atoms with van der Waals surface area (Å²) in [6.07, 6.45) is 1.68. The van der Waals surface area contributed by atoms with Crippen molar-refractivity contribution < 1.29 is 22.7 Å². The van der Waals surface area contributed by atoms with E-state index in [1.165, 1.54) is 39.9 Å². The lowest BCUT2D eigenvalue weighted by Crippen LogP contribution is -2.40. The number of imidazole rings is 1. The van der Waals surface area contributed by atoms with Crippen molar-refractivity contribution in [2.45, 2.75) is 11.8 Å². The first kappa shape index (κ1) is 19.7. The maximum Gasteiger partial charge on any atom is 0.298 e. The fourth-order valence-corrected chi connectivity index (χ4v) is 5.35. The zero-order valence-electron chi connectivity index (χ0n) is 15.5. The highest BCUT2D eigenvalue weighted by atomic mass is 32.2. The Labute approximate surface area is 171 Å². The molecule has 0 atom stereocenters. The first-order chi connectivity index (χ1) is 13.9. The van der Waals surface area contributed by atoms with E-state index in [2.05, 4.69) is 10.3 Å². The van der Waals surface area contributed by atoms with Crippen LogP contribution in [0, 0.1) is 6.92 Å². The van der Waals surface area contributed by atoms with Gasteiger partial charge in [-0.2, -0.15) is 4.31 Å². The SMILES string of the molecule is Cc1nc2sccn2c1C(=O)C(=O)Nc1cccc(S(=O)(=O)N2CCOCC2)c1. The number of anilines is 1. The first-order valence-corrected chi connectivity index (χ1v) is 11.2. The van der Waals surface area contributed by atoms with Gasteiger partial charge in [0.1, 0.15) is 5.69 Å². The number of hydrogen-bond donors (Lipinski definition) is 1. The van der Waals surface area contributed by atoms with Crippen LogP contribution < -0.4 is 5.32 Å². The number of aromatic nitrogens is 2. The minimum atomic E-state index is -3.71. The number of nitrogens with one attached hydrogen (secondary N) is 1. The molecule has 1 aliphatic heterocycles. The number of benzene rings is 1. The molecule has 0 spiro atoms. The summed E-state index contributed by atoms with van der Waals surface area (Å²) in [5.41, 5.74) is 0.873. The molecular weight excluding hydrogens is 416 g/mol. The number of carbonyl (C=O) groups is 2. The lowest BCUT2D eigenvalue weighted by Gasteiger charge is -2.26. The molecule has 9 nitrogen and oxygen atoms in total. The van der Waals surface area contributed by atoms with E-state index in [9.17, 15) is 18.0 Å². The lowest BCUT2D eigenvalue weighted by atomic mass is 10.2. The molecule has 1 saturated heterocycles. The maximum atomic E-state index is 12.8. The van der Waals surface area contributed by atoms with Gasteiger partial charge in [0.25, 0.3) is 11.7 Å². The fraction of sp³-hybridized carbons (Fsp3) is 0.278. The van der Waals surface area contributed by atoms with Crippen molar-refractivity contribution in [3.05, 3.63) is 47.2 Å². The molecule has 1 aliphatic rings. The van der Waals surface area contributed by atoms with Crippen LogP contribution in [-0.4, -0.2) is 60.1 Å². The summed E-state index contributed by atoms with van der Waals surface area (Å²) in [6.45, 7) is 2.89. The predicted molar refractivity (Wildman–Crippen MR) is 107 cm³/mol. The molecular formula is C18H18N4O5S2. The van der Waals surface area contributed by atoms with Gasteiger partial charge in [0.2, 0.25) is 10.0 Å². The number of amides is 1. The molecule has 0 unspecified atom stereocenters. The fourth-order valence-electron chi connectivity index (χ4n) is 3.13. The number of thiazole rings is 1. The average molecular weight is 434 g/mol. The summed E-state index contributed by atoms with van der Waals surface area (Å²) in [5.74, 6) is -1.60. The molecule has 0 saturated carbocycles. The normalized spacial score (nSPS) is 15.5. The number of hydrogen-bond acceptors (Lipinski definition) is 7. The van der Waals surface area contributed by atoms with Gasteiger partial charge in [0.05, 0.1) is 23.8 Å². The standard InChI is InChI=1S/C18H18N4O5S2/c1-12-15(22-7-10-28-18(22)19-12)16(23)17(24)20-13-3-2-4-14(11-13)29(25,26)21-5-8-27-9-6-21/h2-4,7,10-11H,5-6,8-9H2,1H3,(H,20,24). The Kier molecular flexibility index (Phi) is 5.21. The number of carbonyl (C=O) groups excluding carboxylic acids is 2. The molecule has 0 bridgehead atoms. The van der Waals surface area contributed by atoms with Gasteiger partial charge in [-0.1, -0.05) is 6.07 Å². The van der Waals surface area contributed by atoms with E-state index in [1.807, 2.05) is 0 Å².